The summed E-state index contributed by atoms with van der Waals surface area (Å²) >= 11 is 0. The Labute approximate surface area is 399 Å². The first-order valence-corrected chi connectivity index (χ1v) is 21.8. The van der Waals surface area contributed by atoms with Gasteiger partial charge in [-0.25, -0.2) is 0 Å². The van der Waals surface area contributed by atoms with Gasteiger partial charge >= 0.3 is 0 Å². The molecule has 0 radical (unpaired) electrons. The van der Waals surface area contributed by atoms with Gasteiger partial charge in [0.1, 0.15) is 0 Å². The molecule has 0 bridgehead atoms. The molecule has 0 aliphatic carbocycles. The zero-order chi connectivity index (χ0) is 52.5. The fraction of sp³-hybridized carbons (Fsp3) is 0. The molecule has 0 saturated carbocycles. The molecule has 0 fully saturated rings. The van der Waals surface area contributed by atoms with Gasteiger partial charge < -0.3 is 9.47 Å². The molecule has 1 heterocycles. The van der Waals surface area contributed by atoms with Crippen LogP contribution in [0.3, 0.4) is 0 Å². The summed E-state index contributed by atoms with van der Waals surface area (Å²) in [5, 5.41) is 4.75. The van der Waals surface area contributed by atoms with Gasteiger partial charge in [0, 0.05) is 38.9 Å². The quantitative estimate of drug-likeness (QED) is 0.140. The molecule has 0 spiro atoms. The van der Waals surface area contributed by atoms with Crippen LogP contribution in [0.4, 0.5) is 17.1 Å². The molecule has 0 N–H and O–H groups in total. The smallest absolute Gasteiger partial charge is 0.0629 e. The third-order valence-electron chi connectivity index (χ3n) is 12.4. The van der Waals surface area contributed by atoms with Crippen LogP contribution < -0.4 is 4.90 Å². The standard InChI is InChI=1S/C64H44N2/c1-4-12-45(13-5-1)49-24-34-56(35-25-49)65(57-36-26-50(27-37-57)46-14-6-2-7-15-46)58-38-28-52(29-39-58)48-20-22-53(23-21-48)55-33-42-61-62-43-32-54-18-10-11-19-60(54)64(62)66(63(61)44-55)59-40-30-51(31-41-59)47-16-8-3-9-17-47/h1-44H/i1D,2D,4D,5D,6D,7D,12D,13D,14D,15D. The number of benzene rings is 11. The van der Waals surface area contributed by atoms with E-state index in [0.717, 1.165) is 44.7 Å². The van der Waals surface area contributed by atoms with Crippen molar-refractivity contribution in [2.24, 2.45) is 0 Å². The molecule has 1 aromatic heterocycles. The van der Waals surface area contributed by atoms with Gasteiger partial charge in [-0.2, -0.15) is 0 Å². The van der Waals surface area contributed by atoms with Crippen LogP contribution in [0.2, 0.25) is 0 Å². The molecule has 12 aromatic rings. The second-order valence-electron chi connectivity index (χ2n) is 16.2. The van der Waals surface area contributed by atoms with E-state index in [1.807, 2.05) is 47.4 Å². The van der Waals surface area contributed by atoms with Crippen molar-refractivity contribution in [3.8, 4) is 61.3 Å². The molecule has 66 heavy (non-hydrogen) atoms. The average molecular weight is 851 g/mol. The number of fused-ring (bicyclic) bond motifs is 5. The topological polar surface area (TPSA) is 8.17 Å². The van der Waals surface area contributed by atoms with E-state index in [1.54, 1.807) is 24.3 Å². The van der Waals surface area contributed by atoms with Crippen molar-refractivity contribution in [2.75, 3.05) is 4.90 Å². The van der Waals surface area contributed by atoms with Gasteiger partial charge in [0.15, 0.2) is 0 Å². The third kappa shape index (κ3) is 7.21. The van der Waals surface area contributed by atoms with Gasteiger partial charge in [-0.3, -0.25) is 0 Å². The normalized spacial score (nSPS) is 13.5. The molecule has 12 rings (SSSR count). The third-order valence-corrected chi connectivity index (χ3v) is 12.4. The molecule has 0 aliphatic rings. The molecule has 2 heteroatoms. The van der Waals surface area contributed by atoms with E-state index in [0.29, 0.717) is 22.5 Å². The Kier molecular flexibility index (Phi) is 7.52. The van der Waals surface area contributed by atoms with Crippen LogP contribution in [0.1, 0.15) is 13.7 Å². The number of aromatic nitrogens is 1. The van der Waals surface area contributed by atoms with Gasteiger partial charge in [-0.05, 0) is 116 Å². The Morgan fingerprint density at radius 1 is 0.303 bits per heavy atom. The first-order valence-electron chi connectivity index (χ1n) is 26.8. The summed E-state index contributed by atoms with van der Waals surface area (Å²) in [5.41, 5.74) is 13.2. The lowest BCUT2D eigenvalue weighted by atomic mass is 9.99. The number of nitrogens with zero attached hydrogens (tertiary/aromatic N) is 2. The molecule has 2 nitrogen and oxygen atoms in total. The molecule has 11 aromatic carbocycles. The van der Waals surface area contributed by atoms with Crippen molar-refractivity contribution in [3.05, 3.63) is 267 Å². The maximum Gasteiger partial charge on any atom is 0.0629 e. The lowest BCUT2D eigenvalue weighted by molar-refractivity contribution is 1.19. The highest BCUT2D eigenvalue weighted by atomic mass is 15.1. The van der Waals surface area contributed by atoms with Crippen LogP contribution in [0.5, 0.6) is 0 Å². The van der Waals surface area contributed by atoms with Crippen LogP contribution in [0.25, 0.3) is 93.9 Å². The second kappa shape index (κ2) is 16.8. The first kappa shape index (κ1) is 29.6. The largest absolute Gasteiger partial charge is 0.311 e. The van der Waals surface area contributed by atoms with E-state index in [9.17, 15) is 0 Å². The predicted molar refractivity (Wildman–Crippen MR) is 280 cm³/mol. The van der Waals surface area contributed by atoms with E-state index in [-0.39, 0.29) is 35.3 Å². The number of anilines is 3. The van der Waals surface area contributed by atoms with Crippen molar-refractivity contribution in [1.82, 2.24) is 4.57 Å². The molecule has 0 unspecified atom stereocenters. The van der Waals surface area contributed by atoms with Gasteiger partial charge in [0.05, 0.1) is 24.7 Å². The number of hydrogen-bond acceptors (Lipinski definition) is 1. The van der Waals surface area contributed by atoms with Gasteiger partial charge in [0.2, 0.25) is 0 Å². The van der Waals surface area contributed by atoms with Gasteiger partial charge in [-0.1, -0.05) is 212 Å². The lowest BCUT2D eigenvalue weighted by Gasteiger charge is -2.26. The molecule has 0 saturated heterocycles. The fourth-order valence-electron chi connectivity index (χ4n) is 9.11. The average Bonchev–Trinajstić information content (AvgIpc) is 3.85. The van der Waals surface area contributed by atoms with Crippen LogP contribution in [-0.4, -0.2) is 4.57 Å². The molecule has 0 aliphatic heterocycles. The van der Waals surface area contributed by atoms with Crippen molar-refractivity contribution >= 4 is 49.6 Å². The van der Waals surface area contributed by atoms with E-state index < -0.39 is 36.3 Å². The fourth-order valence-corrected chi connectivity index (χ4v) is 9.11. The van der Waals surface area contributed by atoms with Crippen molar-refractivity contribution in [3.63, 3.8) is 0 Å². The van der Waals surface area contributed by atoms with E-state index in [4.69, 9.17) is 13.7 Å². The minimum absolute atomic E-state index is 0.102. The molecule has 0 amide bonds. The Balaban J connectivity index is 0.894. The maximum absolute atomic E-state index is 8.58. The monoisotopic (exact) mass is 850 g/mol. The maximum atomic E-state index is 8.58. The molecular formula is C64H44N2. The summed E-state index contributed by atoms with van der Waals surface area (Å²) in [5.74, 6) is 0. The van der Waals surface area contributed by atoms with Gasteiger partial charge in [0.25, 0.3) is 0 Å². The molecular weight excluding hydrogens is 797 g/mol. The van der Waals surface area contributed by atoms with Crippen molar-refractivity contribution < 1.29 is 13.7 Å². The Morgan fingerprint density at radius 2 is 0.712 bits per heavy atom. The highest BCUT2D eigenvalue weighted by molar-refractivity contribution is 6.19. The van der Waals surface area contributed by atoms with Crippen LogP contribution >= 0.6 is 0 Å². The Morgan fingerprint density at radius 3 is 1.26 bits per heavy atom. The van der Waals surface area contributed by atoms with E-state index in [1.165, 1.54) is 32.6 Å². The van der Waals surface area contributed by atoms with Crippen LogP contribution in [0, 0.1) is 0 Å². The zero-order valence-corrected chi connectivity index (χ0v) is 35.5. The van der Waals surface area contributed by atoms with E-state index >= 15 is 0 Å². The molecule has 0 atom stereocenters. The summed E-state index contributed by atoms with van der Waals surface area (Å²) in [6.45, 7) is 0. The summed E-state index contributed by atoms with van der Waals surface area (Å²) in [6, 6.07) is 66.2. The SMILES string of the molecule is [2H]c1c([2H])c([2H])c(-c2ccc(N(c3ccc(-c4ccc(-c5ccc6c7ccc8ccccc8c7n(-c7ccc(-c8ccccc8)cc7)c6c5)cc4)cc3)c3ccc(-c4c([2H])c([2H])c([2H])c([2H])c4[2H])cc3)cc2)c([2H])c1[2H]. The number of rotatable bonds is 9. The zero-order valence-electron chi connectivity index (χ0n) is 45.5. The van der Waals surface area contributed by atoms with Crippen molar-refractivity contribution in [1.29, 1.82) is 0 Å². The highest BCUT2D eigenvalue weighted by Crippen LogP contribution is 2.41. The first-order chi connectivity index (χ1) is 36.9. The minimum atomic E-state index is -0.457. The Bertz CT molecular complexity index is 4060. The van der Waals surface area contributed by atoms with Gasteiger partial charge in [-0.15, -0.1) is 0 Å². The summed E-state index contributed by atoms with van der Waals surface area (Å²) in [4.78, 5) is 2.00. The van der Waals surface area contributed by atoms with Crippen molar-refractivity contribution in [2.45, 2.75) is 0 Å². The van der Waals surface area contributed by atoms with E-state index in [2.05, 4.69) is 144 Å². The summed E-state index contributed by atoms with van der Waals surface area (Å²) < 4.78 is 85.8. The summed E-state index contributed by atoms with van der Waals surface area (Å²) in [7, 11) is 0. The Hall–Kier alpha value is -8.72. The highest BCUT2D eigenvalue weighted by Gasteiger charge is 2.18. The predicted octanol–water partition coefficient (Wildman–Crippen LogP) is 17.7. The second-order valence-corrected chi connectivity index (χ2v) is 16.2. The number of hydrogen-bond donors (Lipinski definition) is 0. The molecule has 310 valence electrons. The summed E-state index contributed by atoms with van der Waals surface area (Å²) in [6.07, 6.45) is 0. The minimum Gasteiger partial charge on any atom is -0.311 e. The van der Waals surface area contributed by atoms with Crippen LogP contribution in [-0.2, 0) is 0 Å². The van der Waals surface area contributed by atoms with Crippen LogP contribution in [0.15, 0.2) is 267 Å². The lowest BCUT2D eigenvalue weighted by Crippen LogP contribution is -2.09.